The van der Waals surface area contributed by atoms with Gasteiger partial charge in [-0.1, -0.05) is 32.4 Å². The number of hydrogen-bond acceptors (Lipinski definition) is 3. The molecule has 158 valence electrons. The van der Waals surface area contributed by atoms with Gasteiger partial charge in [0.25, 0.3) is 5.91 Å². The molecular formula is C19H27ClF2N3O2W-. The van der Waals surface area contributed by atoms with Gasteiger partial charge in [-0.2, -0.15) is 0 Å². The van der Waals surface area contributed by atoms with E-state index in [2.05, 4.69) is 5.32 Å². The molecule has 1 saturated carbocycles. The molecule has 1 aromatic rings. The number of amides is 1. The van der Waals surface area contributed by atoms with Crippen LogP contribution in [-0.2, 0) is 21.1 Å². The van der Waals surface area contributed by atoms with Crippen molar-refractivity contribution in [1.82, 2.24) is 10.2 Å². The van der Waals surface area contributed by atoms with Crippen LogP contribution >= 0.6 is 11.6 Å². The second kappa shape index (κ2) is 9.94. The van der Waals surface area contributed by atoms with Crippen LogP contribution in [0.5, 0.6) is 0 Å². The maximum absolute atomic E-state index is 13.7. The van der Waals surface area contributed by atoms with E-state index in [1.807, 2.05) is 25.7 Å². The zero-order valence-electron chi connectivity index (χ0n) is 16.3. The first-order valence-electron chi connectivity index (χ1n) is 8.93. The topological polar surface area (TPSA) is 76.4 Å². The van der Waals surface area contributed by atoms with Gasteiger partial charge in [0, 0.05) is 40.7 Å². The summed E-state index contributed by atoms with van der Waals surface area (Å²) in [5.74, 6) is -1.94. The van der Waals surface area contributed by atoms with Crippen LogP contribution < -0.4 is 5.32 Å². The molecule has 0 aromatic heterocycles. The molecule has 1 aliphatic carbocycles. The number of carbonyl (C=O) groups excluding carboxylic acids is 1. The first-order chi connectivity index (χ1) is 12.4. The van der Waals surface area contributed by atoms with Gasteiger partial charge in [0.15, 0.2) is 5.82 Å². The quantitative estimate of drug-likeness (QED) is 0.527. The minimum absolute atomic E-state index is 0. The average Bonchev–Trinajstić information content (AvgIpc) is 2.45. The number of halogens is 3. The van der Waals surface area contributed by atoms with E-state index in [1.54, 1.807) is 0 Å². The monoisotopic (exact) mass is 586 g/mol. The smallest absolute Gasteiger partial charge is 0.254 e. The van der Waals surface area contributed by atoms with E-state index < -0.39 is 22.6 Å². The molecule has 5 nitrogen and oxygen atoms in total. The van der Waals surface area contributed by atoms with Crippen LogP contribution in [0.25, 0.3) is 5.73 Å². The van der Waals surface area contributed by atoms with E-state index in [1.165, 1.54) is 0 Å². The molecule has 1 saturated heterocycles. The Morgan fingerprint density at radius 1 is 1.36 bits per heavy atom. The standard InChI is InChI=1S/C15H17ClF2N2O2.C4H10N.W/c16-12-2-10(17)1-11(13(12)18)14(22)19-5-9-3-15(4-9)6-20(7-15)8-21;1-4(2,3)5;/h1-2,9,21H,3-8H2,(H,19,22);5H,1-3H3;/q;-1;. The third kappa shape index (κ3) is 7.03. The van der Waals surface area contributed by atoms with Gasteiger partial charge in [-0.05, 0) is 36.3 Å². The summed E-state index contributed by atoms with van der Waals surface area (Å²) in [5.41, 5.74) is 6.60. The van der Waals surface area contributed by atoms with Crippen LogP contribution in [0.15, 0.2) is 12.1 Å². The molecule has 0 unspecified atom stereocenters. The van der Waals surface area contributed by atoms with Gasteiger partial charge in [-0.15, -0.1) is 5.54 Å². The van der Waals surface area contributed by atoms with Crippen molar-refractivity contribution in [2.24, 2.45) is 11.3 Å². The first kappa shape index (κ1) is 25.4. The molecule has 2 aliphatic rings. The van der Waals surface area contributed by atoms with E-state index in [-0.39, 0.29) is 44.3 Å². The maximum Gasteiger partial charge on any atom is 0.254 e. The minimum atomic E-state index is -0.900. The Balaban J connectivity index is 0.000000584. The van der Waals surface area contributed by atoms with Gasteiger partial charge in [0.1, 0.15) is 5.82 Å². The zero-order chi connectivity index (χ0) is 20.4. The Bertz CT molecular complexity index is 680. The Kier molecular flexibility index (Phi) is 9.04. The molecule has 1 heterocycles. The second-order valence-electron chi connectivity index (χ2n) is 8.61. The van der Waals surface area contributed by atoms with E-state index >= 15 is 0 Å². The van der Waals surface area contributed by atoms with E-state index in [9.17, 15) is 13.6 Å². The van der Waals surface area contributed by atoms with Crippen LogP contribution in [-0.4, -0.2) is 47.8 Å². The molecule has 0 atom stereocenters. The molecule has 28 heavy (non-hydrogen) atoms. The second-order valence-corrected chi connectivity index (χ2v) is 9.02. The largest absolute Gasteiger partial charge is 0.673 e. The summed E-state index contributed by atoms with van der Waals surface area (Å²) >= 11 is 5.54. The molecule has 0 radical (unpaired) electrons. The van der Waals surface area contributed by atoms with Crippen LogP contribution in [0, 0.1) is 23.0 Å². The van der Waals surface area contributed by atoms with Crippen molar-refractivity contribution >= 4 is 17.5 Å². The number of rotatable bonds is 4. The Hall–Kier alpha value is -0.592. The van der Waals surface area contributed by atoms with Crippen LogP contribution in [0.2, 0.25) is 5.02 Å². The van der Waals surface area contributed by atoms with Crippen molar-refractivity contribution in [3.05, 3.63) is 40.1 Å². The normalized spacial score (nSPS) is 18.3. The van der Waals surface area contributed by atoms with Crippen LogP contribution in [0.3, 0.4) is 0 Å². The number of nitrogens with zero attached hydrogens (tertiary/aromatic N) is 1. The fraction of sp³-hybridized carbons (Fsp3) is 0.632. The fourth-order valence-corrected chi connectivity index (χ4v) is 3.83. The van der Waals surface area contributed by atoms with Crippen molar-refractivity contribution in [2.45, 2.75) is 39.2 Å². The van der Waals surface area contributed by atoms with Gasteiger partial charge in [-0.25, -0.2) is 8.78 Å². The van der Waals surface area contributed by atoms with Gasteiger partial charge in [-0.3, -0.25) is 9.69 Å². The fourth-order valence-electron chi connectivity index (χ4n) is 3.62. The summed E-state index contributed by atoms with van der Waals surface area (Å²) in [7, 11) is 0. The van der Waals surface area contributed by atoms with Gasteiger partial charge >= 0.3 is 0 Å². The van der Waals surface area contributed by atoms with Crippen LogP contribution in [0.4, 0.5) is 8.78 Å². The molecule has 9 heteroatoms. The molecule has 1 aromatic carbocycles. The maximum atomic E-state index is 13.7. The first-order valence-corrected chi connectivity index (χ1v) is 9.31. The minimum Gasteiger partial charge on any atom is -0.673 e. The summed E-state index contributed by atoms with van der Waals surface area (Å²) in [6.45, 7) is 7.87. The van der Waals surface area contributed by atoms with E-state index in [0.717, 1.165) is 38.1 Å². The Morgan fingerprint density at radius 2 is 1.89 bits per heavy atom. The number of nitrogens with one attached hydrogen (secondary N) is 2. The number of hydrogen-bond donors (Lipinski definition) is 2. The number of aliphatic hydroxyl groups is 1. The average molecular weight is 587 g/mol. The molecule has 3 rings (SSSR count). The van der Waals surface area contributed by atoms with Crippen LogP contribution in [0.1, 0.15) is 44.0 Å². The molecular weight excluding hydrogens is 560 g/mol. The number of aliphatic hydroxyl groups excluding tert-OH is 1. The van der Waals surface area contributed by atoms with E-state index in [0.29, 0.717) is 12.5 Å². The molecule has 1 spiro atoms. The van der Waals surface area contributed by atoms with E-state index in [4.69, 9.17) is 22.4 Å². The summed E-state index contributed by atoms with van der Waals surface area (Å²) in [6.07, 6.45) is 1.96. The number of carbonyl (C=O) groups is 1. The van der Waals surface area contributed by atoms with Crippen molar-refractivity contribution < 1.29 is 39.7 Å². The Morgan fingerprint density at radius 3 is 2.39 bits per heavy atom. The van der Waals surface area contributed by atoms with Gasteiger partial charge in [0.05, 0.1) is 17.3 Å². The third-order valence-electron chi connectivity index (χ3n) is 4.55. The molecule has 1 aliphatic heterocycles. The van der Waals surface area contributed by atoms with Crippen molar-refractivity contribution in [3.8, 4) is 0 Å². The summed E-state index contributed by atoms with van der Waals surface area (Å²) in [6, 6.07) is 1.69. The van der Waals surface area contributed by atoms with Crippen molar-refractivity contribution in [3.63, 3.8) is 0 Å². The predicted octanol–water partition coefficient (Wildman–Crippen LogP) is 3.84. The summed E-state index contributed by atoms with van der Waals surface area (Å²) in [4.78, 5) is 13.9. The SMILES string of the molecule is CC(C)(C)[NH-].O=C(NCC1CC2(C1)CN(CO)C2)c1cc(F)cc(Cl)c1F.[W]. The van der Waals surface area contributed by atoms with Crippen molar-refractivity contribution in [1.29, 1.82) is 0 Å². The Labute approximate surface area is 184 Å². The molecule has 1 amide bonds. The number of likely N-dealkylation sites (tertiary alicyclic amines) is 1. The molecule has 2 fully saturated rings. The van der Waals surface area contributed by atoms with Crippen molar-refractivity contribution in [2.75, 3.05) is 26.4 Å². The predicted molar refractivity (Wildman–Crippen MR) is 102 cm³/mol. The van der Waals surface area contributed by atoms with Gasteiger partial charge < -0.3 is 16.2 Å². The molecule has 3 N–H and O–H groups in total. The summed E-state index contributed by atoms with van der Waals surface area (Å²) in [5, 5.41) is 11.2. The third-order valence-corrected chi connectivity index (χ3v) is 4.83. The number of benzene rings is 1. The van der Waals surface area contributed by atoms with Gasteiger partial charge in [0.2, 0.25) is 0 Å². The zero-order valence-corrected chi connectivity index (χ0v) is 20.0. The molecule has 0 bridgehead atoms. The summed E-state index contributed by atoms with van der Waals surface area (Å²) < 4.78 is 26.9.